The van der Waals surface area contributed by atoms with E-state index in [1.165, 1.54) is 30.2 Å². The first-order valence-electron chi connectivity index (χ1n) is 8.11. The van der Waals surface area contributed by atoms with Crippen molar-refractivity contribution >= 4 is 35.1 Å². The van der Waals surface area contributed by atoms with Gasteiger partial charge in [0, 0.05) is 23.6 Å². The smallest absolute Gasteiger partial charge is 0.224 e. The summed E-state index contributed by atoms with van der Waals surface area (Å²) in [5.74, 6) is 2.08. The summed E-state index contributed by atoms with van der Waals surface area (Å²) in [6, 6.07) is 12.8. The van der Waals surface area contributed by atoms with Crippen LogP contribution in [0.15, 0.2) is 42.5 Å². The second-order valence-corrected chi connectivity index (χ2v) is 8.44. The third-order valence-electron chi connectivity index (χ3n) is 3.92. The zero-order valence-electron chi connectivity index (χ0n) is 14.0. The van der Waals surface area contributed by atoms with E-state index in [0.29, 0.717) is 17.4 Å². The van der Waals surface area contributed by atoms with Crippen molar-refractivity contribution in [2.75, 3.05) is 23.9 Å². The molecule has 1 amide bonds. The largest absolute Gasteiger partial charge is 0.494 e. The lowest BCUT2D eigenvalue weighted by molar-refractivity contribution is -0.116. The van der Waals surface area contributed by atoms with Crippen LogP contribution in [-0.4, -0.2) is 24.5 Å². The number of carbonyl (C=O) groups excluding carboxylic acids is 1. The van der Waals surface area contributed by atoms with Crippen LogP contribution in [0.5, 0.6) is 5.75 Å². The quantitative estimate of drug-likeness (QED) is 0.778. The normalized spacial score (nSPS) is 14.5. The number of halogens is 1. The van der Waals surface area contributed by atoms with Crippen molar-refractivity contribution in [3.63, 3.8) is 0 Å². The fourth-order valence-corrected chi connectivity index (χ4v) is 5.50. The van der Waals surface area contributed by atoms with Crippen LogP contribution >= 0.6 is 23.5 Å². The van der Waals surface area contributed by atoms with Crippen molar-refractivity contribution in [3.8, 4) is 5.75 Å². The third-order valence-corrected chi connectivity index (χ3v) is 7.03. The van der Waals surface area contributed by atoms with Gasteiger partial charge in [-0.25, -0.2) is 4.39 Å². The van der Waals surface area contributed by atoms with Crippen molar-refractivity contribution in [2.45, 2.75) is 17.4 Å². The second-order valence-electron chi connectivity index (χ2n) is 5.72. The van der Waals surface area contributed by atoms with Crippen LogP contribution in [-0.2, 0) is 11.2 Å². The highest BCUT2D eigenvalue weighted by Gasteiger charge is 2.18. The number of methoxy groups -OCH3 is 1. The number of thioether (sulfide) groups is 2. The van der Waals surface area contributed by atoms with Gasteiger partial charge in [-0.15, -0.1) is 23.5 Å². The lowest BCUT2D eigenvalue weighted by Gasteiger charge is -2.11. The molecule has 0 radical (unpaired) electrons. The first-order chi connectivity index (χ1) is 12.2. The van der Waals surface area contributed by atoms with Crippen LogP contribution in [0.1, 0.15) is 22.1 Å². The SMILES string of the molecule is COc1ccc(CCC(=O)Nc2cccc(C3SCCS3)c2)cc1F. The summed E-state index contributed by atoms with van der Waals surface area (Å²) in [6.45, 7) is 0. The van der Waals surface area contributed by atoms with E-state index in [1.54, 1.807) is 12.1 Å². The minimum atomic E-state index is -0.403. The zero-order chi connectivity index (χ0) is 17.6. The van der Waals surface area contributed by atoms with Crippen LogP contribution in [0, 0.1) is 5.82 Å². The van der Waals surface area contributed by atoms with Gasteiger partial charge in [-0.2, -0.15) is 0 Å². The molecule has 0 bridgehead atoms. The lowest BCUT2D eigenvalue weighted by Crippen LogP contribution is -2.12. The van der Waals surface area contributed by atoms with Gasteiger partial charge in [0.1, 0.15) is 0 Å². The standard InChI is InChI=1S/C19H20FNO2S2/c1-23-17-7-5-13(11-16(17)20)6-8-18(22)21-15-4-2-3-14(12-15)19-24-9-10-25-19/h2-5,7,11-12,19H,6,8-10H2,1H3,(H,21,22). The zero-order valence-corrected chi connectivity index (χ0v) is 15.6. The lowest BCUT2D eigenvalue weighted by atomic mass is 10.1. The van der Waals surface area contributed by atoms with Gasteiger partial charge in [-0.3, -0.25) is 4.79 Å². The molecule has 1 aliphatic heterocycles. The van der Waals surface area contributed by atoms with Gasteiger partial charge in [-0.1, -0.05) is 18.2 Å². The number of benzene rings is 2. The molecule has 3 nitrogen and oxygen atoms in total. The predicted octanol–water partition coefficient (Wildman–Crippen LogP) is 4.88. The summed E-state index contributed by atoms with van der Waals surface area (Å²) in [5, 5.41) is 2.94. The Kier molecular flexibility index (Phi) is 6.26. The number of anilines is 1. The maximum atomic E-state index is 13.7. The summed E-state index contributed by atoms with van der Waals surface area (Å²) in [6.07, 6.45) is 0.795. The Hall–Kier alpha value is -1.66. The maximum absolute atomic E-state index is 13.7. The van der Waals surface area contributed by atoms with Gasteiger partial charge < -0.3 is 10.1 Å². The molecular weight excluding hydrogens is 357 g/mol. The number of rotatable bonds is 6. The topological polar surface area (TPSA) is 38.3 Å². The summed E-state index contributed by atoms with van der Waals surface area (Å²) in [7, 11) is 1.43. The number of aryl methyl sites for hydroxylation is 1. The Bertz CT molecular complexity index is 748. The van der Waals surface area contributed by atoms with Crippen molar-refractivity contribution in [1.82, 2.24) is 0 Å². The van der Waals surface area contributed by atoms with Gasteiger partial charge in [0.25, 0.3) is 0 Å². The number of carbonyl (C=O) groups is 1. The molecule has 0 saturated carbocycles. The summed E-state index contributed by atoms with van der Waals surface area (Å²) >= 11 is 3.88. The Morgan fingerprint density at radius 3 is 2.76 bits per heavy atom. The Morgan fingerprint density at radius 1 is 1.24 bits per heavy atom. The molecule has 1 heterocycles. The average molecular weight is 378 g/mol. The second kappa shape index (κ2) is 8.63. The molecule has 25 heavy (non-hydrogen) atoms. The Balaban J connectivity index is 1.55. The van der Waals surface area contributed by atoms with Crippen LogP contribution in [0.2, 0.25) is 0 Å². The summed E-state index contributed by atoms with van der Waals surface area (Å²) in [5.41, 5.74) is 2.83. The van der Waals surface area contributed by atoms with E-state index in [1.807, 2.05) is 41.7 Å². The van der Waals surface area contributed by atoms with E-state index in [2.05, 4.69) is 11.4 Å². The predicted molar refractivity (Wildman–Crippen MR) is 104 cm³/mol. The minimum Gasteiger partial charge on any atom is -0.494 e. The first kappa shape index (κ1) is 18.1. The van der Waals surface area contributed by atoms with Crippen LogP contribution in [0.4, 0.5) is 10.1 Å². The highest BCUT2D eigenvalue weighted by molar-refractivity contribution is 8.19. The van der Waals surface area contributed by atoms with Crippen molar-refractivity contribution in [3.05, 3.63) is 59.4 Å². The highest BCUT2D eigenvalue weighted by Crippen LogP contribution is 2.45. The molecule has 0 atom stereocenters. The van der Waals surface area contributed by atoms with E-state index in [9.17, 15) is 9.18 Å². The van der Waals surface area contributed by atoms with E-state index in [0.717, 1.165) is 11.3 Å². The van der Waals surface area contributed by atoms with E-state index >= 15 is 0 Å². The average Bonchev–Trinajstić information content (AvgIpc) is 3.15. The molecule has 2 aromatic rings. The summed E-state index contributed by atoms with van der Waals surface area (Å²) < 4.78 is 19.0. The first-order valence-corrected chi connectivity index (χ1v) is 10.2. The van der Waals surface area contributed by atoms with Gasteiger partial charge >= 0.3 is 0 Å². The maximum Gasteiger partial charge on any atom is 0.224 e. The molecule has 0 unspecified atom stereocenters. The molecule has 2 aromatic carbocycles. The van der Waals surface area contributed by atoms with Crippen LogP contribution in [0.3, 0.4) is 0 Å². The molecule has 132 valence electrons. The van der Waals surface area contributed by atoms with Crippen LogP contribution in [0.25, 0.3) is 0 Å². The van der Waals surface area contributed by atoms with Crippen molar-refractivity contribution < 1.29 is 13.9 Å². The monoisotopic (exact) mass is 377 g/mol. The number of nitrogens with one attached hydrogen (secondary N) is 1. The van der Waals surface area contributed by atoms with Crippen molar-refractivity contribution in [2.24, 2.45) is 0 Å². The molecule has 1 aliphatic rings. The van der Waals surface area contributed by atoms with Gasteiger partial charge in [0.2, 0.25) is 5.91 Å². The van der Waals surface area contributed by atoms with E-state index in [4.69, 9.17) is 4.74 Å². The Labute approximate surface area is 155 Å². The molecule has 1 N–H and O–H groups in total. The molecule has 6 heteroatoms. The number of hydrogen-bond acceptors (Lipinski definition) is 4. The summed E-state index contributed by atoms with van der Waals surface area (Å²) in [4.78, 5) is 12.2. The molecule has 3 rings (SSSR count). The molecule has 0 aliphatic carbocycles. The molecule has 0 spiro atoms. The molecule has 0 aromatic heterocycles. The molecular formula is C19H20FNO2S2. The molecule has 1 saturated heterocycles. The third kappa shape index (κ3) is 4.92. The fraction of sp³-hybridized carbons (Fsp3) is 0.316. The van der Waals surface area contributed by atoms with E-state index < -0.39 is 5.82 Å². The van der Waals surface area contributed by atoms with Crippen molar-refractivity contribution in [1.29, 1.82) is 0 Å². The van der Waals surface area contributed by atoms with Gasteiger partial charge in [0.05, 0.1) is 11.7 Å². The minimum absolute atomic E-state index is 0.0693. The fourth-order valence-electron chi connectivity index (χ4n) is 2.66. The number of ether oxygens (including phenoxy) is 1. The highest BCUT2D eigenvalue weighted by atomic mass is 32.2. The van der Waals surface area contributed by atoms with E-state index in [-0.39, 0.29) is 11.7 Å². The number of amides is 1. The van der Waals surface area contributed by atoms with Gasteiger partial charge in [0.15, 0.2) is 11.6 Å². The van der Waals surface area contributed by atoms with Gasteiger partial charge in [-0.05, 0) is 41.8 Å². The number of hydrogen-bond donors (Lipinski definition) is 1. The molecule has 1 fully saturated rings. The Morgan fingerprint density at radius 2 is 2.04 bits per heavy atom. The van der Waals surface area contributed by atoms with Crippen LogP contribution < -0.4 is 10.1 Å².